The smallest absolute Gasteiger partial charge is 0.408 e. The van der Waals surface area contributed by atoms with E-state index < -0.39 is 29.3 Å². The molecule has 208 valence electrons. The van der Waals surface area contributed by atoms with E-state index in [9.17, 15) is 14.4 Å². The molecule has 7 heteroatoms. The Morgan fingerprint density at radius 1 is 1.00 bits per heavy atom. The monoisotopic (exact) mass is 515 g/mol. The quantitative estimate of drug-likeness (QED) is 0.441. The minimum Gasteiger partial charge on any atom is -0.444 e. The zero-order valence-corrected chi connectivity index (χ0v) is 24.4. The molecule has 0 bridgehead atoms. The molecule has 37 heavy (non-hydrogen) atoms. The third-order valence-electron chi connectivity index (χ3n) is 6.96. The summed E-state index contributed by atoms with van der Waals surface area (Å²) < 4.78 is 5.48. The third kappa shape index (κ3) is 9.04. The third-order valence-corrected chi connectivity index (χ3v) is 6.96. The van der Waals surface area contributed by atoms with Gasteiger partial charge in [0.25, 0.3) is 0 Å². The van der Waals surface area contributed by atoms with Crippen molar-refractivity contribution in [1.82, 2.24) is 15.5 Å². The molecule has 1 fully saturated rings. The molecular formula is C30H49N3O4. The molecule has 1 aliphatic rings. The fraction of sp³-hybridized carbons (Fsp3) is 0.700. The molecule has 2 N–H and O–H groups in total. The van der Waals surface area contributed by atoms with Gasteiger partial charge in [0.2, 0.25) is 11.8 Å². The largest absolute Gasteiger partial charge is 0.444 e. The van der Waals surface area contributed by atoms with Gasteiger partial charge in [-0.2, -0.15) is 0 Å². The van der Waals surface area contributed by atoms with Gasteiger partial charge in [-0.1, -0.05) is 69.4 Å². The Balaban J connectivity index is 2.52. The predicted molar refractivity (Wildman–Crippen MR) is 148 cm³/mol. The van der Waals surface area contributed by atoms with Crippen molar-refractivity contribution < 1.29 is 19.1 Å². The molecule has 7 nitrogen and oxygen atoms in total. The van der Waals surface area contributed by atoms with Gasteiger partial charge in [0.15, 0.2) is 0 Å². The number of carbonyl (C=O) groups is 3. The molecule has 0 radical (unpaired) electrons. The van der Waals surface area contributed by atoms with E-state index in [0.29, 0.717) is 6.42 Å². The Bertz CT molecular complexity index is 908. The topological polar surface area (TPSA) is 87.7 Å². The number of alkyl carbamates (subject to hydrolysis) is 1. The van der Waals surface area contributed by atoms with Gasteiger partial charge in [0.05, 0.1) is 0 Å². The van der Waals surface area contributed by atoms with Gasteiger partial charge < -0.3 is 20.3 Å². The Morgan fingerprint density at radius 3 is 2.05 bits per heavy atom. The lowest BCUT2D eigenvalue weighted by Crippen LogP contribution is -2.60. The van der Waals surface area contributed by atoms with Crippen LogP contribution in [0.5, 0.6) is 0 Å². The highest BCUT2D eigenvalue weighted by Gasteiger charge is 2.43. The van der Waals surface area contributed by atoms with Gasteiger partial charge in [-0.3, -0.25) is 9.59 Å². The predicted octanol–water partition coefficient (Wildman–Crippen LogP) is 6.05. The maximum atomic E-state index is 14.3. The van der Waals surface area contributed by atoms with E-state index >= 15 is 0 Å². The van der Waals surface area contributed by atoms with Crippen molar-refractivity contribution >= 4 is 17.9 Å². The minimum atomic E-state index is -0.838. The van der Waals surface area contributed by atoms with Crippen LogP contribution in [0.1, 0.15) is 111 Å². The van der Waals surface area contributed by atoms with Crippen LogP contribution in [0.15, 0.2) is 24.3 Å². The molecule has 1 aromatic rings. The number of hydrogen-bond acceptors (Lipinski definition) is 4. The first kappa shape index (κ1) is 30.7. The second-order valence-electron chi connectivity index (χ2n) is 12.5. The highest BCUT2D eigenvalue weighted by Crippen LogP contribution is 2.32. The molecule has 1 saturated carbocycles. The first-order chi connectivity index (χ1) is 17.1. The zero-order valence-electron chi connectivity index (χ0n) is 24.4. The lowest BCUT2D eigenvalue weighted by molar-refractivity contribution is -0.149. The summed E-state index contributed by atoms with van der Waals surface area (Å²) in [6, 6.07) is 6.21. The van der Waals surface area contributed by atoms with Crippen molar-refractivity contribution in [3.05, 3.63) is 35.4 Å². The van der Waals surface area contributed by atoms with Crippen LogP contribution in [0.25, 0.3) is 0 Å². The van der Waals surface area contributed by atoms with Gasteiger partial charge in [-0.05, 0) is 72.8 Å². The summed E-state index contributed by atoms with van der Waals surface area (Å²) in [7, 11) is 0. The molecular weight excluding hydrogens is 466 g/mol. The standard InChI is InChI=1S/C30H49N3O4/c1-10-21(3)24(32-28(36)37-30(7,8)9)27(35)33(29(4,5)6)25(22-18-16-20(2)17-19-22)26(34)31-23-14-12-11-13-15-23/h16-19,21,23-25H,10-15H2,1-9H3,(H,31,34)(H,32,36). The second-order valence-corrected chi connectivity index (χ2v) is 12.5. The molecule has 0 spiro atoms. The number of benzene rings is 1. The average Bonchev–Trinajstić information content (AvgIpc) is 2.79. The van der Waals surface area contributed by atoms with Gasteiger partial charge in [-0.15, -0.1) is 0 Å². The summed E-state index contributed by atoms with van der Waals surface area (Å²) in [5.74, 6) is -0.638. The first-order valence-electron chi connectivity index (χ1n) is 13.8. The number of hydrogen-bond donors (Lipinski definition) is 2. The van der Waals surface area contributed by atoms with E-state index in [4.69, 9.17) is 4.74 Å². The Morgan fingerprint density at radius 2 is 1.57 bits per heavy atom. The normalized spacial score (nSPS) is 17.3. The van der Waals surface area contributed by atoms with Crippen molar-refractivity contribution in [3.8, 4) is 0 Å². The van der Waals surface area contributed by atoms with E-state index in [0.717, 1.165) is 36.8 Å². The van der Waals surface area contributed by atoms with Crippen molar-refractivity contribution in [2.75, 3.05) is 0 Å². The molecule has 1 aliphatic carbocycles. The highest BCUT2D eigenvalue weighted by molar-refractivity contribution is 5.93. The molecule has 0 heterocycles. The van der Waals surface area contributed by atoms with Gasteiger partial charge >= 0.3 is 6.09 Å². The summed E-state index contributed by atoms with van der Waals surface area (Å²) in [5.41, 5.74) is 0.439. The van der Waals surface area contributed by atoms with Crippen LogP contribution in [0.4, 0.5) is 4.79 Å². The fourth-order valence-electron chi connectivity index (χ4n) is 4.81. The van der Waals surface area contributed by atoms with Crippen LogP contribution in [-0.4, -0.2) is 46.0 Å². The zero-order chi connectivity index (χ0) is 28.0. The Labute approximate surface area is 224 Å². The molecule has 3 atom stereocenters. The maximum absolute atomic E-state index is 14.3. The molecule has 0 aromatic heterocycles. The number of carbonyl (C=O) groups excluding carboxylic acids is 3. The van der Waals surface area contributed by atoms with Crippen LogP contribution >= 0.6 is 0 Å². The number of nitrogens with one attached hydrogen (secondary N) is 2. The average molecular weight is 516 g/mol. The van der Waals surface area contributed by atoms with Crippen molar-refractivity contribution in [2.45, 2.75) is 130 Å². The van der Waals surface area contributed by atoms with Gasteiger partial charge in [0, 0.05) is 11.6 Å². The lowest BCUT2D eigenvalue weighted by atomic mass is 9.90. The molecule has 0 aliphatic heterocycles. The number of amides is 3. The summed E-state index contributed by atoms with van der Waals surface area (Å²) >= 11 is 0. The number of ether oxygens (including phenoxy) is 1. The summed E-state index contributed by atoms with van der Waals surface area (Å²) in [6.45, 7) is 17.1. The van der Waals surface area contributed by atoms with Gasteiger partial charge in [-0.25, -0.2) is 4.79 Å². The number of rotatable bonds is 8. The second kappa shape index (κ2) is 12.8. The maximum Gasteiger partial charge on any atom is 0.408 e. The van der Waals surface area contributed by atoms with Crippen LogP contribution in [0.3, 0.4) is 0 Å². The van der Waals surface area contributed by atoms with E-state index in [1.807, 2.05) is 65.8 Å². The molecule has 2 rings (SSSR count). The van der Waals surface area contributed by atoms with E-state index in [-0.39, 0.29) is 23.8 Å². The minimum absolute atomic E-state index is 0.108. The molecule has 1 aromatic carbocycles. The fourth-order valence-corrected chi connectivity index (χ4v) is 4.81. The van der Waals surface area contributed by atoms with Crippen LogP contribution < -0.4 is 10.6 Å². The first-order valence-corrected chi connectivity index (χ1v) is 13.8. The van der Waals surface area contributed by atoms with Crippen molar-refractivity contribution in [3.63, 3.8) is 0 Å². The van der Waals surface area contributed by atoms with E-state index in [1.54, 1.807) is 25.7 Å². The summed E-state index contributed by atoms with van der Waals surface area (Å²) in [6.07, 6.45) is 5.31. The summed E-state index contributed by atoms with van der Waals surface area (Å²) in [5, 5.41) is 6.08. The Hall–Kier alpha value is -2.57. The lowest BCUT2D eigenvalue weighted by Gasteiger charge is -2.44. The van der Waals surface area contributed by atoms with E-state index in [1.165, 1.54) is 6.42 Å². The van der Waals surface area contributed by atoms with Crippen LogP contribution in [0.2, 0.25) is 0 Å². The van der Waals surface area contributed by atoms with Crippen molar-refractivity contribution in [2.24, 2.45) is 5.92 Å². The summed E-state index contributed by atoms with van der Waals surface area (Å²) in [4.78, 5) is 42.7. The Kier molecular flexibility index (Phi) is 10.6. The molecule has 0 saturated heterocycles. The van der Waals surface area contributed by atoms with Crippen LogP contribution in [0, 0.1) is 12.8 Å². The number of nitrogens with zero attached hydrogens (tertiary/aromatic N) is 1. The van der Waals surface area contributed by atoms with Crippen LogP contribution in [-0.2, 0) is 14.3 Å². The van der Waals surface area contributed by atoms with Gasteiger partial charge in [0.1, 0.15) is 17.7 Å². The molecule has 3 unspecified atom stereocenters. The number of aryl methyl sites for hydroxylation is 1. The molecule has 3 amide bonds. The van der Waals surface area contributed by atoms with Crippen molar-refractivity contribution in [1.29, 1.82) is 0 Å². The SMILES string of the molecule is CCC(C)C(NC(=O)OC(C)(C)C)C(=O)N(C(C(=O)NC1CCCCC1)c1ccc(C)cc1)C(C)(C)C. The van der Waals surface area contributed by atoms with E-state index in [2.05, 4.69) is 10.6 Å². The highest BCUT2D eigenvalue weighted by atomic mass is 16.6.